The number of aromatic nitrogens is 6. The van der Waals surface area contributed by atoms with Crippen LogP contribution in [-0.2, 0) is 17.4 Å². The molecule has 4 aliphatic rings. The quantitative estimate of drug-likeness (QED) is 0.796. The van der Waals surface area contributed by atoms with Crippen molar-refractivity contribution < 1.29 is 4.79 Å². The molecule has 2 unspecified atom stereocenters. The second-order valence-electron chi connectivity index (χ2n) is 8.37. The summed E-state index contributed by atoms with van der Waals surface area (Å²) in [5.74, 6) is 1.81. The summed E-state index contributed by atoms with van der Waals surface area (Å²) in [7, 11) is 1.89. The van der Waals surface area contributed by atoms with E-state index in [1.165, 1.54) is 18.2 Å². The lowest BCUT2D eigenvalue weighted by atomic mass is 9.50. The Morgan fingerprint density at radius 3 is 2.77 bits per heavy atom. The average molecular weight is 373 g/mol. The van der Waals surface area contributed by atoms with Gasteiger partial charge < -0.3 is 9.88 Å². The number of aryl methyl sites for hydroxylation is 1. The summed E-state index contributed by atoms with van der Waals surface area (Å²) in [6.07, 6.45) is 11.9. The molecule has 4 saturated carbocycles. The van der Waals surface area contributed by atoms with Gasteiger partial charge in [-0.05, 0) is 50.4 Å². The molecule has 2 aromatic rings. The first-order valence-corrected chi connectivity index (χ1v) is 10.2. The molecule has 0 spiro atoms. The van der Waals surface area contributed by atoms with E-state index >= 15 is 0 Å². The van der Waals surface area contributed by atoms with Gasteiger partial charge in [-0.15, -0.1) is 10.2 Å². The summed E-state index contributed by atoms with van der Waals surface area (Å²) in [5.41, 5.74) is -0.0574. The fourth-order valence-corrected chi connectivity index (χ4v) is 6.63. The van der Waals surface area contributed by atoms with E-state index in [4.69, 9.17) is 0 Å². The fourth-order valence-electron chi connectivity index (χ4n) is 5.95. The number of carbonyl (C=O) groups is 1. The van der Waals surface area contributed by atoms with E-state index in [9.17, 15) is 4.79 Å². The highest BCUT2D eigenvalue weighted by Crippen LogP contribution is 2.60. The maximum Gasteiger partial charge on any atom is 0.230 e. The van der Waals surface area contributed by atoms with Crippen LogP contribution >= 0.6 is 11.8 Å². The Balaban J connectivity index is 1.32. The summed E-state index contributed by atoms with van der Waals surface area (Å²) < 4.78 is 3.90. The zero-order chi connectivity index (χ0) is 17.8. The van der Waals surface area contributed by atoms with Crippen molar-refractivity contribution in [2.24, 2.45) is 18.9 Å². The highest BCUT2D eigenvalue weighted by Gasteiger charge is 2.59. The summed E-state index contributed by atoms with van der Waals surface area (Å²) >= 11 is 1.44. The minimum atomic E-state index is -0.0897. The molecule has 138 valence electrons. The van der Waals surface area contributed by atoms with Gasteiger partial charge in [-0.3, -0.25) is 4.79 Å². The Morgan fingerprint density at radius 1 is 1.31 bits per heavy atom. The first kappa shape index (κ1) is 16.3. The number of carbonyl (C=O) groups excluding carboxylic acids is 1. The van der Waals surface area contributed by atoms with E-state index in [0.717, 1.165) is 37.3 Å². The van der Waals surface area contributed by atoms with Gasteiger partial charge in [0, 0.05) is 12.6 Å². The predicted molar refractivity (Wildman–Crippen MR) is 95.3 cm³/mol. The van der Waals surface area contributed by atoms with Gasteiger partial charge in [0.1, 0.15) is 19.0 Å². The SMILES string of the molecule is Cn1cnnc1SCC(=O)NC12CC3CC(C1)CC(n1cncn1)(C3)C2. The van der Waals surface area contributed by atoms with E-state index in [1.54, 1.807) is 12.7 Å². The molecule has 9 heteroatoms. The van der Waals surface area contributed by atoms with Crippen LogP contribution in [0.2, 0.25) is 0 Å². The highest BCUT2D eigenvalue weighted by atomic mass is 32.2. The number of hydrogen-bond acceptors (Lipinski definition) is 6. The van der Waals surface area contributed by atoms with Gasteiger partial charge in [0.15, 0.2) is 5.16 Å². The first-order valence-electron chi connectivity index (χ1n) is 9.19. The number of rotatable bonds is 5. The smallest absolute Gasteiger partial charge is 0.230 e. The van der Waals surface area contributed by atoms with E-state index in [0.29, 0.717) is 17.6 Å². The van der Waals surface area contributed by atoms with Gasteiger partial charge in [0.25, 0.3) is 0 Å². The number of thioether (sulfide) groups is 1. The molecule has 2 aromatic heterocycles. The Hall–Kier alpha value is -1.90. The zero-order valence-electron chi connectivity index (χ0n) is 14.8. The molecule has 2 atom stereocenters. The van der Waals surface area contributed by atoms with Crippen molar-refractivity contribution in [3.8, 4) is 0 Å². The molecule has 2 heterocycles. The van der Waals surface area contributed by atoms with E-state index in [1.807, 2.05) is 17.9 Å². The van der Waals surface area contributed by atoms with Crippen molar-refractivity contribution in [2.75, 3.05) is 5.75 Å². The molecule has 26 heavy (non-hydrogen) atoms. The molecule has 0 aliphatic heterocycles. The fraction of sp³-hybridized carbons (Fsp3) is 0.706. The molecule has 1 amide bonds. The molecule has 4 aliphatic carbocycles. The molecule has 0 aromatic carbocycles. The van der Waals surface area contributed by atoms with Crippen molar-refractivity contribution in [1.82, 2.24) is 34.8 Å². The van der Waals surface area contributed by atoms with Crippen molar-refractivity contribution in [3.05, 3.63) is 19.0 Å². The third kappa shape index (κ3) is 2.64. The largest absolute Gasteiger partial charge is 0.350 e. The van der Waals surface area contributed by atoms with Crippen LogP contribution in [0, 0.1) is 11.8 Å². The highest BCUT2D eigenvalue weighted by molar-refractivity contribution is 7.99. The summed E-state index contributed by atoms with van der Waals surface area (Å²) in [6, 6.07) is 0. The Bertz CT molecular complexity index is 803. The molecule has 6 rings (SSSR count). The number of nitrogens with one attached hydrogen (secondary N) is 1. The lowest BCUT2D eigenvalue weighted by molar-refractivity contribution is -0.128. The van der Waals surface area contributed by atoms with Crippen molar-refractivity contribution in [3.63, 3.8) is 0 Å². The van der Waals surface area contributed by atoms with Crippen LogP contribution in [0.3, 0.4) is 0 Å². The van der Waals surface area contributed by atoms with Crippen LogP contribution in [0.25, 0.3) is 0 Å². The maximum absolute atomic E-state index is 12.7. The van der Waals surface area contributed by atoms with Crippen molar-refractivity contribution in [2.45, 2.75) is 54.8 Å². The van der Waals surface area contributed by atoms with Gasteiger partial charge >= 0.3 is 0 Å². The van der Waals surface area contributed by atoms with Crippen LogP contribution in [0.15, 0.2) is 24.1 Å². The number of nitrogens with zero attached hydrogens (tertiary/aromatic N) is 6. The number of amides is 1. The van der Waals surface area contributed by atoms with Crippen LogP contribution in [0.4, 0.5) is 0 Å². The van der Waals surface area contributed by atoms with Gasteiger partial charge in [0.2, 0.25) is 5.91 Å². The standard InChI is InChI=1S/C17H23N7OS/c1-23-11-19-22-15(23)26-7-14(25)21-16-3-12-2-13(4-16)6-17(5-12,8-16)24-10-18-9-20-24/h9-13H,2-8H2,1H3,(H,21,25). The normalized spacial score (nSPS) is 35.0. The first-order chi connectivity index (χ1) is 12.6. The molecular formula is C17H23N7OS. The summed E-state index contributed by atoms with van der Waals surface area (Å²) in [6.45, 7) is 0. The summed E-state index contributed by atoms with van der Waals surface area (Å²) in [5, 5.41) is 16.5. The minimum Gasteiger partial charge on any atom is -0.350 e. The molecule has 1 N–H and O–H groups in total. The van der Waals surface area contributed by atoms with Gasteiger partial charge in [-0.2, -0.15) is 5.10 Å². The van der Waals surface area contributed by atoms with Crippen LogP contribution in [0.5, 0.6) is 0 Å². The second-order valence-corrected chi connectivity index (χ2v) is 9.31. The molecule has 0 radical (unpaired) electrons. The lowest BCUT2D eigenvalue weighted by Gasteiger charge is -2.61. The topological polar surface area (TPSA) is 90.5 Å². The molecular weight excluding hydrogens is 350 g/mol. The third-order valence-corrected chi connectivity index (χ3v) is 7.38. The molecule has 0 saturated heterocycles. The van der Waals surface area contributed by atoms with Crippen molar-refractivity contribution >= 4 is 17.7 Å². The Kier molecular flexibility index (Phi) is 3.63. The van der Waals surface area contributed by atoms with Gasteiger partial charge in [0.05, 0.1) is 11.3 Å². The predicted octanol–water partition coefficient (Wildman–Crippen LogP) is 1.36. The third-order valence-electron chi connectivity index (χ3n) is 6.34. The van der Waals surface area contributed by atoms with Gasteiger partial charge in [-0.1, -0.05) is 11.8 Å². The lowest BCUT2D eigenvalue weighted by Crippen LogP contribution is -2.66. The number of hydrogen-bond donors (Lipinski definition) is 1. The Labute approximate surface area is 156 Å². The average Bonchev–Trinajstić information content (AvgIpc) is 3.23. The monoisotopic (exact) mass is 373 g/mol. The molecule has 8 nitrogen and oxygen atoms in total. The van der Waals surface area contributed by atoms with E-state index < -0.39 is 0 Å². The maximum atomic E-state index is 12.7. The second kappa shape index (κ2) is 5.80. The summed E-state index contributed by atoms with van der Waals surface area (Å²) in [4.78, 5) is 16.9. The molecule has 4 bridgehead atoms. The van der Waals surface area contributed by atoms with Crippen LogP contribution in [0.1, 0.15) is 38.5 Å². The van der Waals surface area contributed by atoms with Crippen LogP contribution in [-0.4, -0.2) is 46.7 Å². The van der Waals surface area contributed by atoms with E-state index in [-0.39, 0.29) is 17.0 Å². The van der Waals surface area contributed by atoms with Gasteiger partial charge in [-0.25, -0.2) is 9.67 Å². The van der Waals surface area contributed by atoms with Crippen LogP contribution < -0.4 is 5.32 Å². The molecule has 4 fully saturated rings. The van der Waals surface area contributed by atoms with E-state index in [2.05, 4.69) is 30.3 Å². The zero-order valence-corrected chi connectivity index (χ0v) is 15.7. The minimum absolute atomic E-state index is 0.0323. The van der Waals surface area contributed by atoms with Crippen molar-refractivity contribution in [1.29, 1.82) is 0 Å². The Morgan fingerprint density at radius 2 is 2.12 bits per heavy atom.